The lowest BCUT2D eigenvalue weighted by molar-refractivity contribution is 0.102. The number of benzene rings is 2. The Labute approximate surface area is 123 Å². The fourth-order valence-corrected chi connectivity index (χ4v) is 2.02. The first-order valence-corrected chi connectivity index (χ1v) is 6.63. The molecule has 1 amide bonds. The summed E-state index contributed by atoms with van der Waals surface area (Å²) in [5.41, 5.74) is 1.13. The lowest BCUT2D eigenvalue weighted by atomic mass is 10.2. The molecule has 0 radical (unpaired) electrons. The van der Waals surface area contributed by atoms with Gasteiger partial charge in [-0.1, -0.05) is 29.3 Å². The Morgan fingerprint density at radius 1 is 1.11 bits per heavy atom. The molecule has 0 heterocycles. The van der Waals surface area contributed by atoms with Crippen molar-refractivity contribution in [3.05, 3.63) is 62.5 Å². The number of nitrogens with one attached hydrogen (secondary N) is 1. The zero-order chi connectivity index (χ0) is 13.1. The standard InChI is InChI=1S/C13H8BrCl2NO/c14-11-5-4-10(7-12(11)16)17-13(18)8-2-1-3-9(15)6-8/h1-7H,(H,17,18). The highest BCUT2D eigenvalue weighted by atomic mass is 79.9. The molecule has 0 fully saturated rings. The molecular weight excluding hydrogens is 337 g/mol. The molecule has 2 nitrogen and oxygen atoms in total. The van der Waals surface area contributed by atoms with Gasteiger partial charge in [0.1, 0.15) is 0 Å². The molecule has 0 spiro atoms. The Hall–Kier alpha value is -1.03. The number of hydrogen-bond donors (Lipinski definition) is 1. The van der Waals surface area contributed by atoms with Gasteiger partial charge in [0.15, 0.2) is 0 Å². The summed E-state index contributed by atoms with van der Waals surface area (Å²) in [5, 5.41) is 3.82. The quantitative estimate of drug-likeness (QED) is 0.815. The Balaban J connectivity index is 2.18. The van der Waals surface area contributed by atoms with Crippen LogP contribution in [0.1, 0.15) is 10.4 Å². The number of hydrogen-bond acceptors (Lipinski definition) is 1. The zero-order valence-corrected chi connectivity index (χ0v) is 12.2. The Morgan fingerprint density at radius 2 is 1.89 bits per heavy atom. The lowest BCUT2D eigenvalue weighted by Gasteiger charge is -2.06. The first kappa shape index (κ1) is 13.4. The highest BCUT2D eigenvalue weighted by Crippen LogP contribution is 2.25. The van der Waals surface area contributed by atoms with Gasteiger partial charge >= 0.3 is 0 Å². The monoisotopic (exact) mass is 343 g/mol. The van der Waals surface area contributed by atoms with Crippen LogP contribution in [0.5, 0.6) is 0 Å². The van der Waals surface area contributed by atoms with E-state index in [0.29, 0.717) is 21.3 Å². The molecule has 0 aliphatic rings. The molecular formula is C13H8BrCl2NO. The average molecular weight is 345 g/mol. The fourth-order valence-electron chi connectivity index (χ4n) is 1.41. The maximum absolute atomic E-state index is 11.9. The second kappa shape index (κ2) is 5.74. The first-order valence-electron chi connectivity index (χ1n) is 5.08. The van der Waals surface area contributed by atoms with Crippen LogP contribution in [0.4, 0.5) is 5.69 Å². The molecule has 0 aliphatic heterocycles. The van der Waals surface area contributed by atoms with Crippen LogP contribution in [0.25, 0.3) is 0 Å². The van der Waals surface area contributed by atoms with E-state index in [-0.39, 0.29) is 5.91 Å². The minimum absolute atomic E-state index is 0.226. The number of amides is 1. The summed E-state index contributed by atoms with van der Waals surface area (Å²) < 4.78 is 0.782. The highest BCUT2D eigenvalue weighted by molar-refractivity contribution is 9.10. The maximum Gasteiger partial charge on any atom is 0.255 e. The van der Waals surface area contributed by atoms with E-state index in [1.807, 2.05) is 0 Å². The Bertz CT molecular complexity index is 601. The van der Waals surface area contributed by atoms with Crippen molar-refractivity contribution in [1.82, 2.24) is 0 Å². The predicted octanol–water partition coefficient (Wildman–Crippen LogP) is 5.01. The Morgan fingerprint density at radius 3 is 2.56 bits per heavy atom. The number of anilines is 1. The van der Waals surface area contributed by atoms with Crippen LogP contribution in [0.15, 0.2) is 46.9 Å². The molecule has 0 aromatic heterocycles. The zero-order valence-electron chi connectivity index (χ0n) is 9.08. The molecule has 0 unspecified atom stereocenters. The van der Waals surface area contributed by atoms with Crippen molar-refractivity contribution in [2.75, 3.05) is 5.32 Å². The number of rotatable bonds is 2. The maximum atomic E-state index is 11.9. The van der Waals surface area contributed by atoms with Crippen molar-refractivity contribution < 1.29 is 4.79 Å². The molecule has 2 aromatic rings. The van der Waals surface area contributed by atoms with Gasteiger partial charge in [0.25, 0.3) is 5.91 Å². The van der Waals surface area contributed by atoms with Crippen LogP contribution in [0.3, 0.4) is 0 Å². The highest BCUT2D eigenvalue weighted by Gasteiger charge is 2.07. The lowest BCUT2D eigenvalue weighted by Crippen LogP contribution is -2.11. The molecule has 2 aromatic carbocycles. The normalized spacial score (nSPS) is 10.2. The SMILES string of the molecule is O=C(Nc1ccc(Br)c(Cl)c1)c1cccc(Cl)c1. The van der Waals surface area contributed by atoms with Crippen molar-refractivity contribution >= 4 is 50.7 Å². The third-order valence-electron chi connectivity index (χ3n) is 2.26. The molecule has 92 valence electrons. The van der Waals surface area contributed by atoms with Crippen LogP contribution in [-0.2, 0) is 0 Å². The Kier molecular flexibility index (Phi) is 4.27. The van der Waals surface area contributed by atoms with Crippen molar-refractivity contribution in [3.63, 3.8) is 0 Å². The van der Waals surface area contributed by atoms with Crippen LogP contribution in [0.2, 0.25) is 10.0 Å². The summed E-state index contributed by atoms with van der Waals surface area (Å²) in [7, 11) is 0. The molecule has 0 atom stereocenters. The number of carbonyl (C=O) groups is 1. The molecule has 5 heteroatoms. The van der Waals surface area contributed by atoms with Crippen molar-refractivity contribution in [1.29, 1.82) is 0 Å². The van der Waals surface area contributed by atoms with E-state index in [9.17, 15) is 4.79 Å². The van der Waals surface area contributed by atoms with E-state index in [1.165, 1.54) is 0 Å². The van der Waals surface area contributed by atoms with E-state index < -0.39 is 0 Å². The third-order valence-corrected chi connectivity index (χ3v) is 3.73. The van der Waals surface area contributed by atoms with Gasteiger partial charge in [0.2, 0.25) is 0 Å². The van der Waals surface area contributed by atoms with E-state index in [0.717, 1.165) is 4.47 Å². The molecule has 0 aliphatic carbocycles. The van der Waals surface area contributed by atoms with Gasteiger partial charge < -0.3 is 5.32 Å². The molecule has 0 saturated heterocycles. The third kappa shape index (κ3) is 3.25. The topological polar surface area (TPSA) is 29.1 Å². The summed E-state index contributed by atoms with van der Waals surface area (Å²) in [6.45, 7) is 0. The fraction of sp³-hybridized carbons (Fsp3) is 0. The van der Waals surface area contributed by atoms with Crippen LogP contribution >= 0.6 is 39.1 Å². The van der Waals surface area contributed by atoms with E-state index in [1.54, 1.807) is 42.5 Å². The van der Waals surface area contributed by atoms with Gasteiger partial charge in [-0.15, -0.1) is 0 Å². The average Bonchev–Trinajstić information content (AvgIpc) is 2.34. The van der Waals surface area contributed by atoms with Crippen LogP contribution in [-0.4, -0.2) is 5.91 Å². The van der Waals surface area contributed by atoms with Crippen LogP contribution in [0, 0.1) is 0 Å². The minimum Gasteiger partial charge on any atom is -0.322 e. The van der Waals surface area contributed by atoms with Gasteiger partial charge in [-0.25, -0.2) is 0 Å². The van der Waals surface area contributed by atoms with E-state index in [4.69, 9.17) is 23.2 Å². The molecule has 0 bridgehead atoms. The van der Waals surface area contributed by atoms with Crippen molar-refractivity contribution in [2.45, 2.75) is 0 Å². The number of halogens is 3. The summed E-state index contributed by atoms with van der Waals surface area (Å²) in [5.74, 6) is -0.226. The second-order valence-electron chi connectivity index (χ2n) is 3.59. The smallest absolute Gasteiger partial charge is 0.255 e. The van der Waals surface area contributed by atoms with Gasteiger partial charge in [-0.3, -0.25) is 4.79 Å². The molecule has 18 heavy (non-hydrogen) atoms. The van der Waals surface area contributed by atoms with Gasteiger partial charge in [-0.05, 0) is 52.3 Å². The van der Waals surface area contributed by atoms with Gasteiger partial charge in [-0.2, -0.15) is 0 Å². The molecule has 2 rings (SSSR count). The summed E-state index contributed by atoms with van der Waals surface area (Å²) in [4.78, 5) is 11.9. The summed E-state index contributed by atoms with van der Waals surface area (Å²) >= 11 is 15.1. The van der Waals surface area contributed by atoms with Crippen molar-refractivity contribution in [3.8, 4) is 0 Å². The van der Waals surface area contributed by atoms with E-state index >= 15 is 0 Å². The van der Waals surface area contributed by atoms with E-state index in [2.05, 4.69) is 21.2 Å². The van der Waals surface area contributed by atoms with Gasteiger partial charge in [0, 0.05) is 20.7 Å². The van der Waals surface area contributed by atoms with Crippen LogP contribution < -0.4 is 5.32 Å². The summed E-state index contributed by atoms with van der Waals surface area (Å²) in [6, 6.07) is 12.0. The molecule has 0 saturated carbocycles. The number of carbonyl (C=O) groups excluding carboxylic acids is 1. The predicted molar refractivity (Wildman–Crippen MR) is 78.6 cm³/mol. The van der Waals surface area contributed by atoms with Crippen molar-refractivity contribution in [2.24, 2.45) is 0 Å². The van der Waals surface area contributed by atoms with Gasteiger partial charge in [0.05, 0.1) is 5.02 Å². The summed E-state index contributed by atoms with van der Waals surface area (Å²) in [6.07, 6.45) is 0. The molecule has 1 N–H and O–H groups in total. The largest absolute Gasteiger partial charge is 0.322 e. The minimum atomic E-state index is -0.226. The second-order valence-corrected chi connectivity index (χ2v) is 5.29. The first-order chi connectivity index (χ1) is 8.56.